The molecule has 0 N–H and O–H groups in total. The van der Waals surface area contributed by atoms with E-state index < -0.39 is 0 Å². The van der Waals surface area contributed by atoms with Crippen LogP contribution in [0.4, 0.5) is 0 Å². The Bertz CT molecular complexity index is 579. The summed E-state index contributed by atoms with van der Waals surface area (Å²) in [5.41, 5.74) is 1.16. The molecule has 1 fully saturated rings. The molecule has 2 aromatic carbocycles. The highest BCUT2D eigenvalue weighted by atomic mass is 79.9. The smallest absolute Gasteiger partial charge is 0.162 e. The minimum Gasteiger partial charge on any atom is -0.489 e. The maximum Gasteiger partial charge on any atom is 0.162 e. The zero-order chi connectivity index (χ0) is 14.5. The summed E-state index contributed by atoms with van der Waals surface area (Å²) in [5.74, 6) is 2.35. The van der Waals surface area contributed by atoms with Gasteiger partial charge in [-0.05, 0) is 42.5 Å². The van der Waals surface area contributed by atoms with Crippen LogP contribution in [-0.4, -0.2) is 6.61 Å². The Labute approximate surface area is 134 Å². The van der Waals surface area contributed by atoms with Crippen molar-refractivity contribution in [2.45, 2.75) is 25.9 Å². The summed E-state index contributed by atoms with van der Waals surface area (Å²) < 4.78 is 12.9. The van der Waals surface area contributed by atoms with E-state index in [0.29, 0.717) is 6.61 Å². The molecule has 0 aromatic heterocycles. The lowest BCUT2D eigenvalue weighted by molar-refractivity contribution is 0.172. The monoisotopic (exact) mass is 346 g/mol. The van der Waals surface area contributed by atoms with Gasteiger partial charge in [-0.15, -0.1) is 0 Å². The van der Waals surface area contributed by atoms with Crippen LogP contribution in [0.2, 0.25) is 0 Å². The lowest BCUT2D eigenvalue weighted by Gasteiger charge is -2.25. The molecule has 0 spiro atoms. The van der Waals surface area contributed by atoms with Crippen LogP contribution < -0.4 is 9.47 Å². The summed E-state index contributed by atoms with van der Waals surface area (Å²) in [6, 6.07) is 16.1. The molecule has 0 radical (unpaired) electrons. The van der Waals surface area contributed by atoms with Gasteiger partial charge in [-0.2, -0.15) is 0 Å². The lowest BCUT2D eigenvalue weighted by Crippen LogP contribution is -2.19. The van der Waals surface area contributed by atoms with Crippen molar-refractivity contribution in [2.24, 2.45) is 5.92 Å². The predicted molar refractivity (Wildman–Crippen MR) is 87.8 cm³/mol. The topological polar surface area (TPSA) is 18.5 Å². The standard InChI is InChI=1S/C18H19BrO2/c19-16-9-10-17(20-12-15-7-4-8-15)18(11-16)21-13-14-5-2-1-3-6-14/h1-3,5-6,9-11,15H,4,7-8,12-13H2. The fraction of sp³-hybridized carbons (Fsp3) is 0.333. The zero-order valence-corrected chi connectivity index (χ0v) is 13.5. The van der Waals surface area contributed by atoms with Gasteiger partial charge in [0.1, 0.15) is 6.61 Å². The molecule has 2 aromatic rings. The van der Waals surface area contributed by atoms with Crippen molar-refractivity contribution >= 4 is 15.9 Å². The van der Waals surface area contributed by atoms with E-state index in [4.69, 9.17) is 9.47 Å². The Morgan fingerprint density at radius 1 is 0.952 bits per heavy atom. The highest BCUT2D eigenvalue weighted by Crippen LogP contribution is 2.33. The fourth-order valence-electron chi connectivity index (χ4n) is 2.32. The van der Waals surface area contributed by atoms with Crippen LogP contribution in [0.25, 0.3) is 0 Å². The molecule has 110 valence electrons. The van der Waals surface area contributed by atoms with E-state index in [1.807, 2.05) is 36.4 Å². The molecule has 21 heavy (non-hydrogen) atoms. The van der Waals surface area contributed by atoms with Crippen LogP contribution in [0.5, 0.6) is 11.5 Å². The Morgan fingerprint density at radius 2 is 1.76 bits per heavy atom. The normalized spacial score (nSPS) is 14.5. The largest absolute Gasteiger partial charge is 0.489 e. The molecule has 0 amide bonds. The molecule has 2 nitrogen and oxygen atoms in total. The van der Waals surface area contributed by atoms with Gasteiger partial charge in [-0.1, -0.05) is 52.7 Å². The van der Waals surface area contributed by atoms with Crippen molar-refractivity contribution in [1.29, 1.82) is 0 Å². The van der Waals surface area contributed by atoms with E-state index in [9.17, 15) is 0 Å². The minimum atomic E-state index is 0.553. The van der Waals surface area contributed by atoms with E-state index in [0.717, 1.165) is 34.1 Å². The number of ether oxygens (including phenoxy) is 2. The second kappa shape index (κ2) is 6.99. The molecule has 1 aliphatic carbocycles. The van der Waals surface area contributed by atoms with Crippen LogP contribution in [0.3, 0.4) is 0 Å². The highest BCUT2D eigenvalue weighted by molar-refractivity contribution is 9.10. The Kier molecular flexibility index (Phi) is 4.81. The van der Waals surface area contributed by atoms with Gasteiger partial charge in [0.05, 0.1) is 6.61 Å². The SMILES string of the molecule is Brc1ccc(OCC2CCC2)c(OCc2ccccc2)c1. The minimum absolute atomic E-state index is 0.553. The van der Waals surface area contributed by atoms with E-state index >= 15 is 0 Å². The molecule has 0 atom stereocenters. The van der Waals surface area contributed by atoms with Crippen LogP contribution in [0.15, 0.2) is 53.0 Å². The van der Waals surface area contributed by atoms with Crippen molar-refractivity contribution in [1.82, 2.24) is 0 Å². The summed E-state index contributed by atoms with van der Waals surface area (Å²) in [6.07, 6.45) is 3.92. The molecule has 3 heteroatoms. The van der Waals surface area contributed by atoms with Crippen LogP contribution >= 0.6 is 15.9 Å². The number of halogens is 1. The van der Waals surface area contributed by atoms with Gasteiger partial charge in [-0.3, -0.25) is 0 Å². The van der Waals surface area contributed by atoms with Crippen molar-refractivity contribution in [3.8, 4) is 11.5 Å². The predicted octanol–water partition coefficient (Wildman–Crippen LogP) is 5.21. The second-order valence-corrected chi connectivity index (χ2v) is 6.39. The summed E-state index contributed by atoms with van der Waals surface area (Å²) in [7, 11) is 0. The van der Waals surface area contributed by atoms with Crippen molar-refractivity contribution < 1.29 is 9.47 Å². The first-order valence-corrected chi connectivity index (χ1v) is 8.19. The van der Waals surface area contributed by atoms with Gasteiger partial charge < -0.3 is 9.47 Å². The highest BCUT2D eigenvalue weighted by Gasteiger charge is 2.18. The van der Waals surface area contributed by atoms with Crippen molar-refractivity contribution in [3.05, 3.63) is 58.6 Å². The van der Waals surface area contributed by atoms with Gasteiger partial charge in [0.2, 0.25) is 0 Å². The molecule has 0 aliphatic heterocycles. The summed E-state index contributed by atoms with van der Waals surface area (Å²) in [4.78, 5) is 0. The van der Waals surface area contributed by atoms with E-state index in [1.165, 1.54) is 19.3 Å². The van der Waals surface area contributed by atoms with Gasteiger partial charge in [0, 0.05) is 4.47 Å². The summed E-state index contributed by atoms with van der Waals surface area (Å²) in [5, 5.41) is 0. The first kappa shape index (κ1) is 14.5. The van der Waals surface area contributed by atoms with Crippen molar-refractivity contribution in [3.63, 3.8) is 0 Å². The van der Waals surface area contributed by atoms with Crippen LogP contribution in [0.1, 0.15) is 24.8 Å². The summed E-state index contributed by atoms with van der Waals surface area (Å²) >= 11 is 3.49. The molecule has 3 rings (SSSR count). The molecule has 1 saturated carbocycles. The summed E-state index contributed by atoms with van der Waals surface area (Å²) in [6.45, 7) is 1.35. The first-order valence-electron chi connectivity index (χ1n) is 7.40. The molecule has 0 bridgehead atoms. The Hall–Kier alpha value is -1.48. The van der Waals surface area contributed by atoms with Gasteiger partial charge >= 0.3 is 0 Å². The maximum atomic E-state index is 5.94. The number of rotatable bonds is 6. The fourth-order valence-corrected chi connectivity index (χ4v) is 2.66. The zero-order valence-electron chi connectivity index (χ0n) is 11.9. The third-order valence-corrected chi connectivity index (χ3v) is 4.34. The quantitative estimate of drug-likeness (QED) is 0.714. The van der Waals surface area contributed by atoms with Crippen LogP contribution in [0, 0.1) is 5.92 Å². The molecular formula is C18H19BrO2. The number of hydrogen-bond donors (Lipinski definition) is 0. The second-order valence-electron chi connectivity index (χ2n) is 5.47. The van der Waals surface area contributed by atoms with E-state index in [2.05, 4.69) is 28.1 Å². The number of benzene rings is 2. The van der Waals surface area contributed by atoms with E-state index in [-0.39, 0.29) is 0 Å². The van der Waals surface area contributed by atoms with Gasteiger partial charge in [0.15, 0.2) is 11.5 Å². The average Bonchev–Trinajstić information content (AvgIpc) is 2.46. The molecule has 0 heterocycles. The van der Waals surface area contributed by atoms with E-state index in [1.54, 1.807) is 0 Å². The molecule has 1 aliphatic rings. The average molecular weight is 347 g/mol. The third kappa shape index (κ3) is 4.01. The lowest BCUT2D eigenvalue weighted by atomic mass is 9.86. The van der Waals surface area contributed by atoms with Gasteiger partial charge in [0.25, 0.3) is 0 Å². The third-order valence-electron chi connectivity index (χ3n) is 3.84. The molecule has 0 saturated heterocycles. The number of hydrogen-bond acceptors (Lipinski definition) is 2. The van der Waals surface area contributed by atoms with Gasteiger partial charge in [-0.25, -0.2) is 0 Å². The maximum absolute atomic E-state index is 5.94. The molecular weight excluding hydrogens is 328 g/mol. The Balaban J connectivity index is 1.65. The molecule has 0 unspecified atom stereocenters. The Morgan fingerprint density at radius 3 is 2.48 bits per heavy atom. The van der Waals surface area contributed by atoms with Crippen molar-refractivity contribution in [2.75, 3.05) is 6.61 Å². The van der Waals surface area contributed by atoms with Crippen LogP contribution in [-0.2, 0) is 6.61 Å². The first-order chi connectivity index (χ1) is 10.3.